The lowest BCUT2D eigenvalue weighted by molar-refractivity contribution is 0.816. The van der Waals surface area contributed by atoms with E-state index in [0.717, 1.165) is 35.7 Å². The quantitative estimate of drug-likeness (QED) is 0.901. The summed E-state index contributed by atoms with van der Waals surface area (Å²) in [6.45, 7) is 2.93. The van der Waals surface area contributed by atoms with Crippen LogP contribution in [0.4, 0.5) is 0 Å². The van der Waals surface area contributed by atoms with Crippen LogP contribution in [0, 0.1) is 0 Å². The van der Waals surface area contributed by atoms with E-state index in [1.165, 1.54) is 11.1 Å². The zero-order chi connectivity index (χ0) is 13.7. The van der Waals surface area contributed by atoms with Crippen molar-refractivity contribution in [1.82, 2.24) is 10.3 Å². The molecule has 1 N–H and O–H groups in total. The van der Waals surface area contributed by atoms with Crippen molar-refractivity contribution in [2.24, 2.45) is 0 Å². The van der Waals surface area contributed by atoms with Gasteiger partial charge in [-0.3, -0.25) is 4.98 Å². The lowest BCUT2D eigenvalue weighted by atomic mass is 10.1. The first kappa shape index (κ1) is 14.0. The predicted octanol–water partition coefficient (Wildman–Crippen LogP) is 3.61. The smallest absolute Gasteiger partial charge is 0.0451 e. The minimum absolute atomic E-state index is 0.787. The number of benzene rings is 1. The number of nitrogens with zero attached hydrogens (tertiary/aromatic N) is 1. The first-order valence-electron chi connectivity index (χ1n) is 6.58. The fourth-order valence-electron chi connectivity index (χ4n) is 2.04. The maximum absolute atomic E-state index is 6.16. The van der Waals surface area contributed by atoms with Crippen molar-refractivity contribution >= 4 is 11.6 Å². The summed E-state index contributed by atoms with van der Waals surface area (Å²) in [5, 5.41) is 3.94. The van der Waals surface area contributed by atoms with E-state index in [0.29, 0.717) is 0 Å². The maximum atomic E-state index is 6.16. The van der Waals surface area contributed by atoms with Crippen LogP contribution in [0.3, 0.4) is 0 Å². The number of rotatable bonds is 5. The predicted molar refractivity (Wildman–Crippen MR) is 80.6 cm³/mol. The van der Waals surface area contributed by atoms with Crippen LogP contribution in [-0.2, 0) is 19.4 Å². The summed E-state index contributed by atoms with van der Waals surface area (Å²) >= 11 is 6.16. The van der Waals surface area contributed by atoms with E-state index in [-0.39, 0.29) is 0 Å². The highest BCUT2D eigenvalue weighted by molar-refractivity contribution is 6.31. The van der Waals surface area contributed by atoms with Gasteiger partial charge in [-0.1, -0.05) is 36.7 Å². The topological polar surface area (TPSA) is 24.9 Å². The molecular weight excluding hydrogens is 256 g/mol. The molecule has 0 spiro atoms. The Balaban J connectivity index is 2.15. The molecule has 1 aromatic heterocycles. The lowest BCUT2D eigenvalue weighted by Crippen LogP contribution is -2.06. The fraction of sp³-hybridized carbons (Fsp3) is 0.312. The molecule has 0 amide bonds. The van der Waals surface area contributed by atoms with Gasteiger partial charge in [0, 0.05) is 29.9 Å². The van der Waals surface area contributed by atoms with Gasteiger partial charge >= 0.3 is 0 Å². The minimum Gasteiger partial charge on any atom is -0.316 e. The summed E-state index contributed by atoms with van der Waals surface area (Å²) in [4.78, 5) is 4.49. The van der Waals surface area contributed by atoms with E-state index >= 15 is 0 Å². The molecule has 0 radical (unpaired) electrons. The summed E-state index contributed by atoms with van der Waals surface area (Å²) in [6.07, 6.45) is 3.83. The van der Waals surface area contributed by atoms with Gasteiger partial charge in [0.15, 0.2) is 0 Å². The van der Waals surface area contributed by atoms with E-state index in [4.69, 9.17) is 11.6 Å². The van der Waals surface area contributed by atoms with Crippen LogP contribution in [0.15, 0.2) is 36.5 Å². The average Bonchev–Trinajstić information content (AvgIpc) is 2.44. The Morgan fingerprint density at radius 2 is 1.95 bits per heavy atom. The molecule has 0 bridgehead atoms. The van der Waals surface area contributed by atoms with Crippen molar-refractivity contribution in [2.45, 2.75) is 26.3 Å². The molecule has 0 aliphatic rings. The molecule has 0 aliphatic heterocycles. The second-order valence-corrected chi connectivity index (χ2v) is 5.05. The van der Waals surface area contributed by atoms with Gasteiger partial charge < -0.3 is 5.32 Å². The summed E-state index contributed by atoms with van der Waals surface area (Å²) < 4.78 is 0. The normalized spacial score (nSPS) is 10.7. The monoisotopic (exact) mass is 274 g/mol. The standard InChI is InChI=1S/C16H19ClN2/c1-3-12-4-6-15(19-10-12)9-13-5-7-16(17)14(8-13)11-18-2/h4-8,10,18H,3,9,11H2,1-2H3. The molecule has 2 rings (SSSR count). The Bertz CT molecular complexity index is 535. The van der Waals surface area contributed by atoms with Crippen LogP contribution in [0.5, 0.6) is 0 Å². The Morgan fingerprint density at radius 1 is 1.16 bits per heavy atom. The SMILES string of the molecule is CCc1ccc(Cc2ccc(Cl)c(CNC)c2)nc1. The molecule has 2 aromatic rings. The highest BCUT2D eigenvalue weighted by atomic mass is 35.5. The summed E-state index contributed by atoms with van der Waals surface area (Å²) in [7, 11) is 1.92. The molecule has 0 atom stereocenters. The van der Waals surface area contributed by atoms with Crippen molar-refractivity contribution in [1.29, 1.82) is 0 Å². The summed E-state index contributed by atoms with van der Waals surface area (Å²) in [5.74, 6) is 0. The van der Waals surface area contributed by atoms with Gasteiger partial charge in [-0.25, -0.2) is 0 Å². The number of hydrogen-bond donors (Lipinski definition) is 1. The third kappa shape index (κ3) is 3.79. The molecule has 1 aromatic carbocycles. The maximum Gasteiger partial charge on any atom is 0.0451 e. The number of halogens is 1. The molecule has 0 saturated heterocycles. The van der Waals surface area contributed by atoms with E-state index in [9.17, 15) is 0 Å². The molecule has 19 heavy (non-hydrogen) atoms. The molecule has 2 nitrogen and oxygen atoms in total. The first-order valence-corrected chi connectivity index (χ1v) is 6.96. The van der Waals surface area contributed by atoms with Crippen molar-refractivity contribution in [3.63, 3.8) is 0 Å². The van der Waals surface area contributed by atoms with Gasteiger partial charge in [-0.15, -0.1) is 0 Å². The fourth-order valence-corrected chi connectivity index (χ4v) is 2.23. The van der Waals surface area contributed by atoms with Crippen molar-refractivity contribution in [2.75, 3.05) is 7.05 Å². The average molecular weight is 275 g/mol. The van der Waals surface area contributed by atoms with E-state index in [1.54, 1.807) is 0 Å². The van der Waals surface area contributed by atoms with Gasteiger partial charge in [0.2, 0.25) is 0 Å². The van der Waals surface area contributed by atoms with E-state index in [2.05, 4.69) is 41.5 Å². The van der Waals surface area contributed by atoms with Gasteiger partial charge in [-0.2, -0.15) is 0 Å². The molecule has 100 valence electrons. The molecule has 3 heteroatoms. The third-order valence-electron chi connectivity index (χ3n) is 3.16. The second-order valence-electron chi connectivity index (χ2n) is 4.64. The van der Waals surface area contributed by atoms with Crippen molar-refractivity contribution in [3.05, 3.63) is 63.9 Å². The molecule has 1 heterocycles. The van der Waals surface area contributed by atoms with Crippen LogP contribution >= 0.6 is 11.6 Å². The Labute approximate surface area is 119 Å². The molecular formula is C16H19ClN2. The van der Waals surface area contributed by atoms with Gasteiger partial charge in [0.1, 0.15) is 0 Å². The van der Waals surface area contributed by atoms with Crippen LogP contribution in [0.2, 0.25) is 5.02 Å². The Morgan fingerprint density at radius 3 is 2.58 bits per heavy atom. The minimum atomic E-state index is 0.787. The van der Waals surface area contributed by atoms with E-state index < -0.39 is 0 Å². The number of pyridine rings is 1. The number of aromatic nitrogens is 1. The number of aryl methyl sites for hydroxylation is 1. The van der Waals surface area contributed by atoms with Gasteiger partial charge in [0.25, 0.3) is 0 Å². The van der Waals surface area contributed by atoms with Crippen LogP contribution in [0.25, 0.3) is 0 Å². The largest absolute Gasteiger partial charge is 0.316 e. The highest BCUT2D eigenvalue weighted by Crippen LogP contribution is 2.19. The van der Waals surface area contributed by atoms with Crippen LogP contribution < -0.4 is 5.32 Å². The van der Waals surface area contributed by atoms with Gasteiger partial charge in [0.05, 0.1) is 0 Å². The van der Waals surface area contributed by atoms with Gasteiger partial charge in [-0.05, 0) is 42.3 Å². The first-order chi connectivity index (χ1) is 9.22. The van der Waals surface area contributed by atoms with Crippen LogP contribution in [0.1, 0.15) is 29.3 Å². The Hall–Kier alpha value is -1.38. The second kappa shape index (κ2) is 6.69. The van der Waals surface area contributed by atoms with Crippen molar-refractivity contribution in [3.8, 4) is 0 Å². The highest BCUT2D eigenvalue weighted by Gasteiger charge is 2.03. The number of hydrogen-bond acceptors (Lipinski definition) is 2. The van der Waals surface area contributed by atoms with Crippen molar-refractivity contribution < 1.29 is 0 Å². The summed E-state index contributed by atoms with van der Waals surface area (Å²) in [6, 6.07) is 10.4. The molecule has 0 aliphatic carbocycles. The summed E-state index contributed by atoms with van der Waals surface area (Å²) in [5.41, 5.74) is 4.74. The Kier molecular flexibility index (Phi) is 4.94. The third-order valence-corrected chi connectivity index (χ3v) is 3.53. The molecule has 0 unspecified atom stereocenters. The van der Waals surface area contributed by atoms with E-state index in [1.807, 2.05) is 19.3 Å². The molecule has 0 saturated carbocycles. The zero-order valence-corrected chi connectivity index (χ0v) is 12.2. The molecule has 0 fully saturated rings. The lowest BCUT2D eigenvalue weighted by Gasteiger charge is -2.07. The van der Waals surface area contributed by atoms with Crippen LogP contribution in [-0.4, -0.2) is 12.0 Å². The number of nitrogens with one attached hydrogen (secondary N) is 1. The zero-order valence-electron chi connectivity index (χ0n) is 11.4.